The number of rotatable bonds is 4. The van der Waals surface area contributed by atoms with E-state index in [1.165, 1.54) is 11.1 Å². The van der Waals surface area contributed by atoms with E-state index in [-0.39, 0.29) is 5.76 Å². The molecule has 2 aromatic carbocycles. The molecule has 0 unspecified atom stereocenters. The quantitative estimate of drug-likeness (QED) is 0.423. The van der Waals surface area contributed by atoms with Crippen molar-refractivity contribution in [1.82, 2.24) is 0 Å². The molecule has 2 N–H and O–H groups in total. The van der Waals surface area contributed by atoms with Crippen LogP contribution in [0.15, 0.2) is 85.2 Å². The van der Waals surface area contributed by atoms with Crippen LogP contribution in [0.3, 0.4) is 0 Å². The fraction of sp³-hybridized carbons (Fsp3) is 0.308. The molecule has 0 aliphatic rings. The van der Waals surface area contributed by atoms with Crippen molar-refractivity contribution in [3.05, 3.63) is 96.3 Å². The minimum atomic E-state index is 0.268. The molecular weight excluding hydrogens is 376 g/mol. The lowest BCUT2D eigenvalue weighted by atomic mass is 10.2. The maximum absolute atomic E-state index is 8.72. The summed E-state index contributed by atoms with van der Waals surface area (Å²) in [4.78, 5) is 0. The monoisotopic (exact) mass is 416 g/mol. The average molecular weight is 417 g/mol. The Hall–Kier alpha value is -2.98. The molecule has 0 fully saturated rings. The van der Waals surface area contributed by atoms with E-state index in [2.05, 4.69) is 44.7 Å². The fourth-order valence-electron chi connectivity index (χ4n) is 1.61. The summed E-state index contributed by atoms with van der Waals surface area (Å²) in [7, 11) is 4.28. The second kappa shape index (κ2) is 24.1. The van der Waals surface area contributed by atoms with Gasteiger partial charge in [0.2, 0.25) is 0 Å². The molecule has 4 nitrogen and oxygen atoms in total. The van der Waals surface area contributed by atoms with Gasteiger partial charge in [-0.05, 0) is 57.2 Å². The predicted molar refractivity (Wildman–Crippen MR) is 131 cm³/mol. The van der Waals surface area contributed by atoms with E-state index in [1.54, 1.807) is 45.4 Å². The molecule has 0 aromatic heterocycles. The van der Waals surface area contributed by atoms with Crippen molar-refractivity contribution in [2.75, 3.05) is 21.3 Å². The lowest BCUT2D eigenvalue weighted by molar-refractivity contribution is 0.399. The summed E-state index contributed by atoms with van der Waals surface area (Å²) in [6.45, 7) is 13.4. The second-order valence-electron chi connectivity index (χ2n) is 5.34. The van der Waals surface area contributed by atoms with Gasteiger partial charge in [-0.1, -0.05) is 68.0 Å². The third kappa shape index (κ3) is 19.8. The molecule has 0 saturated heterocycles. The molecule has 0 radical (unpaired) electrons. The van der Waals surface area contributed by atoms with Gasteiger partial charge in [0.05, 0.1) is 14.2 Å². The number of benzene rings is 2. The average Bonchev–Trinajstić information content (AvgIpc) is 2.82. The topological polar surface area (TPSA) is 58.9 Å². The van der Waals surface area contributed by atoms with E-state index in [0.29, 0.717) is 0 Å². The first-order valence-corrected chi connectivity index (χ1v) is 9.77. The van der Waals surface area contributed by atoms with Crippen molar-refractivity contribution in [2.24, 2.45) is 0 Å². The zero-order valence-corrected chi connectivity index (χ0v) is 19.8. The van der Waals surface area contributed by atoms with Crippen molar-refractivity contribution in [3.8, 4) is 11.5 Å². The maximum Gasteiger partial charge on any atom is 0.119 e. The second-order valence-corrected chi connectivity index (χ2v) is 5.34. The Morgan fingerprint density at radius 3 is 1.37 bits per heavy atom. The Morgan fingerprint density at radius 1 is 0.800 bits per heavy atom. The number of aliphatic hydroxyl groups is 2. The number of hydrogen-bond donors (Lipinski definition) is 2. The highest BCUT2D eigenvalue weighted by Gasteiger charge is 1.90. The van der Waals surface area contributed by atoms with Crippen LogP contribution in [0.4, 0.5) is 0 Å². The molecular formula is C26H40O4. The van der Waals surface area contributed by atoms with Crippen molar-refractivity contribution in [3.63, 3.8) is 0 Å². The van der Waals surface area contributed by atoms with Crippen LogP contribution < -0.4 is 9.47 Å². The lowest BCUT2D eigenvalue weighted by Crippen LogP contribution is -1.83. The SMILES string of the molecule is C=C/C=C\C(O)=C/C.CC.CO.COc1ccc(OC)cc1.Cc1ccc(C)cc1. The van der Waals surface area contributed by atoms with E-state index in [9.17, 15) is 0 Å². The summed E-state index contributed by atoms with van der Waals surface area (Å²) in [5.41, 5.74) is 2.66. The summed E-state index contributed by atoms with van der Waals surface area (Å²) >= 11 is 0. The molecule has 0 spiro atoms. The highest BCUT2D eigenvalue weighted by molar-refractivity contribution is 5.30. The molecule has 168 valence electrons. The smallest absolute Gasteiger partial charge is 0.119 e. The fourth-order valence-corrected chi connectivity index (χ4v) is 1.61. The Morgan fingerprint density at radius 2 is 1.13 bits per heavy atom. The standard InChI is InChI=1S/C8H10O2.C8H10.C7H10O.C2H6.CH4O/c1-9-7-3-5-8(10-2)6-4-7;1-7-3-5-8(2)6-4-7;1-3-5-6-7(8)4-2;2*1-2/h3-6H,1-2H3;3-6H,1-2H3;3-6,8H,1H2,2H3;1-2H3;2H,1H3/b;;6-5-,7-4+;;. The summed E-state index contributed by atoms with van der Waals surface area (Å²) < 4.78 is 9.92. The first-order chi connectivity index (χ1) is 14.5. The van der Waals surface area contributed by atoms with Gasteiger partial charge in [-0.15, -0.1) is 0 Å². The van der Waals surface area contributed by atoms with Gasteiger partial charge >= 0.3 is 0 Å². The van der Waals surface area contributed by atoms with Gasteiger partial charge < -0.3 is 19.7 Å². The van der Waals surface area contributed by atoms with Gasteiger partial charge in [-0.25, -0.2) is 0 Å². The third-order valence-corrected chi connectivity index (χ3v) is 3.21. The molecule has 4 heteroatoms. The van der Waals surface area contributed by atoms with Gasteiger partial charge in [0.1, 0.15) is 17.3 Å². The number of aliphatic hydroxyl groups excluding tert-OH is 2. The van der Waals surface area contributed by atoms with Crippen molar-refractivity contribution >= 4 is 0 Å². The predicted octanol–water partition coefficient (Wildman–Crippen LogP) is 6.83. The molecule has 0 saturated carbocycles. The molecule has 0 heterocycles. The summed E-state index contributed by atoms with van der Waals surface area (Å²) in [5, 5.41) is 15.7. The molecule has 2 aromatic rings. The minimum absolute atomic E-state index is 0.268. The largest absolute Gasteiger partial charge is 0.508 e. The molecule has 0 bridgehead atoms. The number of hydrogen-bond acceptors (Lipinski definition) is 4. The first-order valence-electron chi connectivity index (χ1n) is 9.77. The highest BCUT2D eigenvalue weighted by Crippen LogP contribution is 2.15. The van der Waals surface area contributed by atoms with Gasteiger partial charge in [0, 0.05) is 7.11 Å². The van der Waals surface area contributed by atoms with Crippen LogP contribution in [0.1, 0.15) is 31.9 Å². The van der Waals surface area contributed by atoms with Crippen LogP contribution >= 0.6 is 0 Å². The van der Waals surface area contributed by atoms with Crippen LogP contribution in [-0.2, 0) is 0 Å². The van der Waals surface area contributed by atoms with E-state index in [1.807, 2.05) is 38.1 Å². The number of ether oxygens (including phenoxy) is 2. The number of aryl methyl sites for hydroxylation is 2. The first kappa shape index (κ1) is 31.7. The van der Waals surface area contributed by atoms with E-state index < -0.39 is 0 Å². The summed E-state index contributed by atoms with van der Waals surface area (Å²) in [5.74, 6) is 1.96. The summed E-state index contributed by atoms with van der Waals surface area (Å²) in [6.07, 6.45) is 6.47. The van der Waals surface area contributed by atoms with Crippen molar-refractivity contribution < 1.29 is 19.7 Å². The lowest BCUT2D eigenvalue weighted by Gasteiger charge is -2.00. The van der Waals surface area contributed by atoms with E-state index in [4.69, 9.17) is 19.7 Å². The van der Waals surface area contributed by atoms with E-state index >= 15 is 0 Å². The normalized spacial score (nSPS) is 9.17. The van der Waals surface area contributed by atoms with Crippen molar-refractivity contribution in [2.45, 2.75) is 34.6 Å². The Kier molecular flexibility index (Phi) is 25.4. The van der Waals surface area contributed by atoms with Gasteiger partial charge in [-0.3, -0.25) is 0 Å². The number of allylic oxidation sites excluding steroid dienone is 4. The van der Waals surface area contributed by atoms with Crippen LogP contribution in [0.2, 0.25) is 0 Å². The molecule has 0 aliphatic carbocycles. The van der Waals surface area contributed by atoms with Crippen LogP contribution in [0, 0.1) is 13.8 Å². The minimum Gasteiger partial charge on any atom is -0.508 e. The van der Waals surface area contributed by atoms with Crippen molar-refractivity contribution in [1.29, 1.82) is 0 Å². The molecule has 30 heavy (non-hydrogen) atoms. The van der Waals surface area contributed by atoms with Gasteiger partial charge in [0.25, 0.3) is 0 Å². The maximum atomic E-state index is 8.72. The van der Waals surface area contributed by atoms with Gasteiger partial charge in [0.15, 0.2) is 0 Å². The Bertz CT molecular complexity index is 625. The highest BCUT2D eigenvalue weighted by atomic mass is 16.5. The molecule has 0 amide bonds. The number of methoxy groups -OCH3 is 2. The van der Waals surface area contributed by atoms with E-state index in [0.717, 1.165) is 18.6 Å². The van der Waals surface area contributed by atoms with Crippen LogP contribution in [0.25, 0.3) is 0 Å². The third-order valence-electron chi connectivity index (χ3n) is 3.21. The Balaban J connectivity index is -0.000000338. The zero-order valence-electron chi connectivity index (χ0n) is 19.8. The van der Waals surface area contributed by atoms with Crippen LogP contribution in [-0.4, -0.2) is 31.5 Å². The molecule has 0 aliphatic heterocycles. The van der Waals surface area contributed by atoms with Gasteiger partial charge in [-0.2, -0.15) is 0 Å². The van der Waals surface area contributed by atoms with Crippen LogP contribution in [0.5, 0.6) is 11.5 Å². The molecule has 2 rings (SSSR count). The summed E-state index contributed by atoms with van der Waals surface area (Å²) in [6, 6.07) is 15.9. The zero-order chi connectivity index (χ0) is 23.8. The Labute approximate surface area is 183 Å². The molecule has 0 atom stereocenters.